The van der Waals surface area contributed by atoms with Gasteiger partial charge in [0.05, 0.1) is 12.1 Å². The Hall–Kier alpha value is -1.63. The van der Waals surface area contributed by atoms with E-state index in [1.54, 1.807) is 7.05 Å². The highest BCUT2D eigenvalue weighted by Crippen LogP contribution is 2.20. The van der Waals surface area contributed by atoms with Crippen molar-refractivity contribution < 1.29 is 5.11 Å². The van der Waals surface area contributed by atoms with Gasteiger partial charge < -0.3 is 20.2 Å². The lowest BCUT2D eigenvalue weighted by molar-refractivity contribution is 0.215. The largest absolute Gasteiger partial charge is 0.394 e. The van der Waals surface area contributed by atoms with Crippen molar-refractivity contribution in [3.63, 3.8) is 0 Å². The molecule has 1 aromatic heterocycles. The minimum absolute atomic E-state index is 0.0152. The van der Waals surface area contributed by atoms with Gasteiger partial charge in [0, 0.05) is 28.2 Å². The summed E-state index contributed by atoms with van der Waals surface area (Å²) in [5.41, 5.74) is -0.435. The zero-order valence-corrected chi connectivity index (χ0v) is 11.9. The van der Waals surface area contributed by atoms with Gasteiger partial charge in [-0.25, -0.2) is 0 Å². The van der Waals surface area contributed by atoms with Crippen molar-refractivity contribution in [3.05, 3.63) is 0 Å². The molecule has 7 nitrogen and oxygen atoms in total. The van der Waals surface area contributed by atoms with Crippen molar-refractivity contribution in [1.82, 2.24) is 15.0 Å². The van der Waals surface area contributed by atoms with E-state index in [-0.39, 0.29) is 6.61 Å². The van der Waals surface area contributed by atoms with E-state index in [0.29, 0.717) is 17.8 Å². The number of hydrogen-bond acceptors (Lipinski definition) is 7. The van der Waals surface area contributed by atoms with E-state index >= 15 is 0 Å². The summed E-state index contributed by atoms with van der Waals surface area (Å²) in [5, 5.41) is 12.3. The van der Waals surface area contributed by atoms with Crippen molar-refractivity contribution in [2.45, 2.75) is 19.4 Å². The Morgan fingerprint density at radius 1 is 1.11 bits per heavy atom. The number of anilines is 3. The van der Waals surface area contributed by atoms with Crippen LogP contribution in [0.4, 0.5) is 17.8 Å². The molecular weight excluding hydrogens is 232 g/mol. The second-order valence-electron chi connectivity index (χ2n) is 4.93. The van der Waals surface area contributed by atoms with E-state index in [1.807, 2.05) is 44.8 Å². The summed E-state index contributed by atoms with van der Waals surface area (Å²) in [6.07, 6.45) is 0. The molecule has 0 aliphatic heterocycles. The third kappa shape index (κ3) is 2.98. The lowest BCUT2D eigenvalue weighted by atomic mass is 10.1. The van der Waals surface area contributed by atoms with Crippen LogP contribution in [-0.4, -0.2) is 60.4 Å². The molecule has 0 spiro atoms. The second-order valence-corrected chi connectivity index (χ2v) is 4.93. The van der Waals surface area contributed by atoms with E-state index < -0.39 is 5.54 Å². The highest BCUT2D eigenvalue weighted by molar-refractivity contribution is 5.45. The molecular formula is C11H22N6O. The Labute approximate surface area is 108 Å². The van der Waals surface area contributed by atoms with Gasteiger partial charge in [-0.15, -0.1) is 0 Å². The molecule has 0 unspecified atom stereocenters. The standard InChI is InChI=1S/C11H22N6O/c1-11(2,7-18)17(6)10-14-8(12-3)13-9(15-10)16(4)5/h18H,7H2,1-6H3,(H,12,13,14,15). The van der Waals surface area contributed by atoms with Gasteiger partial charge in [0.25, 0.3) is 0 Å². The van der Waals surface area contributed by atoms with Crippen molar-refractivity contribution in [2.75, 3.05) is 49.9 Å². The number of aliphatic hydroxyl groups is 1. The summed E-state index contributed by atoms with van der Waals surface area (Å²) < 4.78 is 0. The fraction of sp³-hybridized carbons (Fsp3) is 0.727. The van der Waals surface area contributed by atoms with Gasteiger partial charge in [-0.05, 0) is 13.8 Å². The molecule has 0 aromatic carbocycles. The zero-order chi connectivity index (χ0) is 13.9. The SMILES string of the molecule is CNc1nc(N(C)C)nc(N(C)C(C)(C)CO)n1. The summed E-state index contributed by atoms with van der Waals surface area (Å²) in [6.45, 7) is 3.86. The fourth-order valence-corrected chi connectivity index (χ4v) is 1.19. The molecule has 0 saturated carbocycles. The number of nitrogens with one attached hydrogen (secondary N) is 1. The highest BCUT2D eigenvalue weighted by atomic mass is 16.3. The summed E-state index contributed by atoms with van der Waals surface area (Å²) in [6, 6.07) is 0. The molecule has 1 aromatic rings. The molecule has 1 heterocycles. The molecule has 102 valence electrons. The molecule has 2 N–H and O–H groups in total. The number of rotatable bonds is 5. The summed E-state index contributed by atoms with van der Waals surface area (Å²) in [7, 11) is 7.35. The molecule has 0 radical (unpaired) electrons. The summed E-state index contributed by atoms with van der Waals surface area (Å²) in [4.78, 5) is 16.6. The second kappa shape index (κ2) is 5.34. The Morgan fingerprint density at radius 2 is 1.67 bits per heavy atom. The van der Waals surface area contributed by atoms with Crippen LogP contribution in [0, 0.1) is 0 Å². The monoisotopic (exact) mass is 254 g/mol. The van der Waals surface area contributed by atoms with Gasteiger partial charge in [-0.1, -0.05) is 0 Å². The third-order valence-electron chi connectivity index (χ3n) is 2.83. The molecule has 0 bridgehead atoms. The van der Waals surface area contributed by atoms with Crippen molar-refractivity contribution >= 4 is 17.8 Å². The number of likely N-dealkylation sites (N-methyl/N-ethyl adjacent to an activating group) is 1. The fourth-order valence-electron chi connectivity index (χ4n) is 1.19. The maximum Gasteiger partial charge on any atom is 0.232 e. The molecule has 7 heteroatoms. The molecule has 18 heavy (non-hydrogen) atoms. The average Bonchev–Trinajstić information content (AvgIpc) is 2.36. The molecule has 0 saturated heterocycles. The van der Waals surface area contributed by atoms with Gasteiger partial charge in [-0.2, -0.15) is 15.0 Å². The lowest BCUT2D eigenvalue weighted by Gasteiger charge is -2.34. The first kappa shape index (κ1) is 14.4. The van der Waals surface area contributed by atoms with Gasteiger partial charge in [0.15, 0.2) is 0 Å². The number of aliphatic hydroxyl groups excluding tert-OH is 1. The number of hydrogen-bond donors (Lipinski definition) is 2. The van der Waals surface area contributed by atoms with Crippen LogP contribution in [0.2, 0.25) is 0 Å². The van der Waals surface area contributed by atoms with Crippen LogP contribution in [0.5, 0.6) is 0 Å². The molecule has 0 fully saturated rings. The van der Waals surface area contributed by atoms with E-state index in [2.05, 4.69) is 20.3 Å². The smallest absolute Gasteiger partial charge is 0.232 e. The molecule has 0 amide bonds. The van der Waals surface area contributed by atoms with E-state index in [4.69, 9.17) is 0 Å². The first-order valence-corrected chi connectivity index (χ1v) is 5.77. The average molecular weight is 254 g/mol. The van der Waals surface area contributed by atoms with Crippen LogP contribution in [0.15, 0.2) is 0 Å². The molecule has 1 rings (SSSR count). The topological polar surface area (TPSA) is 77.4 Å². The van der Waals surface area contributed by atoms with Gasteiger partial charge in [-0.3, -0.25) is 0 Å². The van der Waals surface area contributed by atoms with Gasteiger partial charge in [0.1, 0.15) is 0 Å². The van der Waals surface area contributed by atoms with Crippen LogP contribution in [-0.2, 0) is 0 Å². The first-order valence-electron chi connectivity index (χ1n) is 5.77. The van der Waals surface area contributed by atoms with Crippen molar-refractivity contribution in [3.8, 4) is 0 Å². The predicted molar refractivity (Wildman–Crippen MR) is 73.3 cm³/mol. The van der Waals surface area contributed by atoms with Crippen LogP contribution in [0.25, 0.3) is 0 Å². The maximum absolute atomic E-state index is 9.39. The number of nitrogens with zero attached hydrogens (tertiary/aromatic N) is 5. The van der Waals surface area contributed by atoms with Crippen LogP contribution < -0.4 is 15.1 Å². The Balaban J connectivity index is 3.19. The zero-order valence-electron chi connectivity index (χ0n) is 11.9. The van der Waals surface area contributed by atoms with Crippen molar-refractivity contribution in [1.29, 1.82) is 0 Å². The number of aromatic nitrogens is 3. The summed E-state index contributed by atoms with van der Waals surface area (Å²) in [5.74, 6) is 1.60. The van der Waals surface area contributed by atoms with E-state index in [1.165, 1.54) is 0 Å². The van der Waals surface area contributed by atoms with Crippen LogP contribution >= 0.6 is 0 Å². The predicted octanol–water partition coefficient (Wildman–Crippen LogP) is 0.186. The van der Waals surface area contributed by atoms with Crippen LogP contribution in [0.3, 0.4) is 0 Å². The first-order chi connectivity index (χ1) is 8.31. The quantitative estimate of drug-likeness (QED) is 0.776. The minimum Gasteiger partial charge on any atom is -0.394 e. The summed E-state index contributed by atoms with van der Waals surface area (Å²) >= 11 is 0. The Morgan fingerprint density at radius 3 is 2.11 bits per heavy atom. The van der Waals surface area contributed by atoms with Crippen molar-refractivity contribution in [2.24, 2.45) is 0 Å². The highest BCUT2D eigenvalue weighted by Gasteiger charge is 2.25. The van der Waals surface area contributed by atoms with E-state index in [9.17, 15) is 5.11 Å². The normalized spacial score (nSPS) is 11.3. The molecule has 0 aliphatic rings. The molecule has 0 atom stereocenters. The van der Waals surface area contributed by atoms with E-state index in [0.717, 1.165) is 0 Å². The van der Waals surface area contributed by atoms with Crippen LogP contribution in [0.1, 0.15) is 13.8 Å². The Kier molecular flexibility index (Phi) is 4.28. The molecule has 0 aliphatic carbocycles. The maximum atomic E-state index is 9.39. The van der Waals surface area contributed by atoms with Gasteiger partial charge >= 0.3 is 0 Å². The Bertz CT molecular complexity index is 407. The third-order valence-corrected chi connectivity index (χ3v) is 2.83. The minimum atomic E-state index is -0.435. The van der Waals surface area contributed by atoms with Gasteiger partial charge in [0.2, 0.25) is 17.8 Å². The lowest BCUT2D eigenvalue weighted by Crippen LogP contribution is -2.45.